The van der Waals surface area contributed by atoms with Crippen molar-refractivity contribution >= 4 is 11.1 Å². The Morgan fingerprint density at radius 2 is 1.76 bits per heavy atom. The van der Waals surface area contributed by atoms with Crippen LogP contribution in [0.5, 0.6) is 0 Å². The zero-order valence-corrected chi connectivity index (χ0v) is 14.1. The molecule has 2 aromatic rings. The summed E-state index contributed by atoms with van der Waals surface area (Å²) >= 11 is 0. The molecule has 0 amide bonds. The van der Waals surface area contributed by atoms with Crippen LogP contribution in [-0.2, 0) is 5.54 Å². The molecular formula is C18H27NO2. The maximum Gasteiger partial charge on any atom is 0.420 e. The topological polar surface area (TPSA) is 35.1 Å². The lowest BCUT2D eigenvalue weighted by Crippen LogP contribution is -2.42. The lowest BCUT2D eigenvalue weighted by Gasteiger charge is -2.36. The minimum Gasteiger partial charge on any atom is -0.408 e. The van der Waals surface area contributed by atoms with Gasteiger partial charge in [0.2, 0.25) is 0 Å². The van der Waals surface area contributed by atoms with Gasteiger partial charge in [0.25, 0.3) is 0 Å². The van der Waals surface area contributed by atoms with E-state index in [1.807, 2.05) is 16.7 Å². The van der Waals surface area contributed by atoms with Crippen molar-refractivity contribution in [3.63, 3.8) is 0 Å². The molecule has 3 heteroatoms. The van der Waals surface area contributed by atoms with E-state index in [1.165, 1.54) is 5.56 Å². The number of hydrogen-bond donors (Lipinski definition) is 0. The zero-order valence-electron chi connectivity index (χ0n) is 14.1. The maximum absolute atomic E-state index is 12.5. The fraction of sp³-hybridized carbons (Fsp3) is 0.611. The van der Waals surface area contributed by atoms with E-state index in [9.17, 15) is 4.79 Å². The number of hydrogen-bond acceptors (Lipinski definition) is 2. The van der Waals surface area contributed by atoms with Crippen LogP contribution in [0.2, 0.25) is 0 Å². The normalized spacial score (nSPS) is 12.8. The fourth-order valence-corrected chi connectivity index (χ4v) is 3.46. The standard InChI is InChI=1S/C18H27NO2/c1-7-18(8-2,13(5)6)19-15-10-9-14(12(3)4)11-16(15)21-17(19)20/h9-13H,7-8H2,1-6H3. The molecule has 1 heterocycles. The summed E-state index contributed by atoms with van der Waals surface area (Å²) in [6.45, 7) is 13.0. The first-order valence-corrected chi connectivity index (χ1v) is 8.03. The van der Waals surface area contributed by atoms with Gasteiger partial charge in [-0.05, 0) is 42.4 Å². The second-order valence-corrected chi connectivity index (χ2v) is 6.55. The van der Waals surface area contributed by atoms with E-state index in [0.29, 0.717) is 17.4 Å². The molecule has 0 unspecified atom stereocenters. The second kappa shape index (κ2) is 5.70. The van der Waals surface area contributed by atoms with Gasteiger partial charge in [0, 0.05) is 0 Å². The van der Waals surface area contributed by atoms with Gasteiger partial charge in [0.15, 0.2) is 5.58 Å². The summed E-state index contributed by atoms with van der Waals surface area (Å²) in [7, 11) is 0. The van der Waals surface area contributed by atoms with Crippen LogP contribution >= 0.6 is 0 Å². The molecule has 0 N–H and O–H groups in total. The summed E-state index contributed by atoms with van der Waals surface area (Å²) in [6.07, 6.45) is 1.84. The van der Waals surface area contributed by atoms with Gasteiger partial charge in [0.1, 0.15) is 0 Å². The molecule has 0 bridgehead atoms. The van der Waals surface area contributed by atoms with Crippen molar-refractivity contribution in [1.29, 1.82) is 0 Å². The minimum atomic E-state index is -0.233. The predicted octanol–water partition coefficient (Wildman–Crippen LogP) is 4.89. The fourth-order valence-electron chi connectivity index (χ4n) is 3.46. The average Bonchev–Trinajstić information content (AvgIpc) is 2.76. The lowest BCUT2D eigenvalue weighted by molar-refractivity contribution is 0.169. The molecule has 0 fully saturated rings. The number of benzene rings is 1. The van der Waals surface area contributed by atoms with Crippen LogP contribution in [0.1, 0.15) is 65.9 Å². The van der Waals surface area contributed by atoms with E-state index < -0.39 is 0 Å². The van der Waals surface area contributed by atoms with E-state index in [0.717, 1.165) is 18.4 Å². The number of rotatable bonds is 5. The monoisotopic (exact) mass is 289 g/mol. The van der Waals surface area contributed by atoms with Gasteiger partial charge in [-0.1, -0.05) is 47.6 Å². The van der Waals surface area contributed by atoms with Crippen molar-refractivity contribution in [2.75, 3.05) is 0 Å². The lowest BCUT2D eigenvalue weighted by atomic mass is 9.81. The molecule has 1 aromatic heterocycles. The Balaban J connectivity index is 2.75. The van der Waals surface area contributed by atoms with Gasteiger partial charge in [-0.3, -0.25) is 4.57 Å². The summed E-state index contributed by atoms with van der Waals surface area (Å²) in [5.41, 5.74) is 2.65. The zero-order chi connectivity index (χ0) is 15.8. The Morgan fingerprint density at radius 1 is 1.14 bits per heavy atom. The molecule has 0 spiro atoms. The molecular weight excluding hydrogens is 262 g/mol. The summed E-state index contributed by atoms with van der Waals surface area (Å²) in [4.78, 5) is 12.5. The molecule has 3 nitrogen and oxygen atoms in total. The first kappa shape index (κ1) is 15.9. The summed E-state index contributed by atoms with van der Waals surface area (Å²) in [5, 5.41) is 0. The van der Waals surface area contributed by atoms with Crippen molar-refractivity contribution < 1.29 is 4.42 Å². The molecule has 0 saturated heterocycles. The van der Waals surface area contributed by atoms with E-state index in [1.54, 1.807) is 0 Å². The average molecular weight is 289 g/mol. The van der Waals surface area contributed by atoms with Gasteiger partial charge in [0.05, 0.1) is 11.1 Å². The van der Waals surface area contributed by atoms with E-state index in [2.05, 4.69) is 47.6 Å². The van der Waals surface area contributed by atoms with Gasteiger partial charge >= 0.3 is 5.76 Å². The van der Waals surface area contributed by atoms with Crippen LogP contribution in [0.4, 0.5) is 0 Å². The van der Waals surface area contributed by atoms with Crippen LogP contribution in [0.3, 0.4) is 0 Å². The summed E-state index contributed by atoms with van der Waals surface area (Å²) in [5.74, 6) is 0.564. The van der Waals surface area contributed by atoms with Gasteiger partial charge in [-0.25, -0.2) is 4.79 Å². The SMILES string of the molecule is CCC(CC)(C(C)C)n1c(=O)oc2cc(C(C)C)ccc21. The maximum atomic E-state index is 12.5. The molecule has 0 saturated carbocycles. The molecule has 2 rings (SSSR count). The van der Waals surface area contributed by atoms with Crippen LogP contribution < -0.4 is 5.76 Å². The first-order chi connectivity index (χ1) is 9.87. The summed E-state index contributed by atoms with van der Waals surface area (Å²) in [6, 6.07) is 6.15. The summed E-state index contributed by atoms with van der Waals surface area (Å²) < 4.78 is 7.44. The van der Waals surface area contributed by atoms with E-state index in [4.69, 9.17) is 4.42 Å². The van der Waals surface area contributed by atoms with E-state index >= 15 is 0 Å². The third-order valence-electron chi connectivity index (χ3n) is 5.02. The number of nitrogens with zero attached hydrogens (tertiary/aromatic N) is 1. The molecule has 1 aromatic carbocycles. The molecule has 0 aliphatic heterocycles. The van der Waals surface area contributed by atoms with Crippen molar-refractivity contribution in [3.8, 4) is 0 Å². The largest absolute Gasteiger partial charge is 0.420 e. The van der Waals surface area contributed by atoms with Crippen molar-refractivity contribution in [2.24, 2.45) is 5.92 Å². The second-order valence-electron chi connectivity index (χ2n) is 6.55. The first-order valence-electron chi connectivity index (χ1n) is 8.03. The highest BCUT2D eigenvalue weighted by atomic mass is 16.4. The van der Waals surface area contributed by atoms with Crippen LogP contribution in [0.25, 0.3) is 11.1 Å². The highest BCUT2D eigenvalue weighted by Crippen LogP contribution is 2.35. The Hall–Kier alpha value is -1.51. The van der Waals surface area contributed by atoms with E-state index in [-0.39, 0.29) is 11.3 Å². The van der Waals surface area contributed by atoms with Crippen molar-refractivity contribution in [3.05, 3.63) is 34.3 Å². The van der Waals surface area contributed by atoms with Gasteiger partial charge < -0.3 is 4.42 Å². The molecule has 0 atom stereocenters. The molecule has 0 aliphatic rings. The minimum absolute atomic E-state index is 0.179. The molecule has 0 radical (unpaired) electrons. The van der Waals surface area contributed by atoms with Crippen molar-refractivity contribution in [2.45, 2.75) is 65.8 Å². The predicted molar refractivity (Wildman–Crippen MR) is 88.0 cm³/mol. The van der Waals surface area contributed by atoms with Gasteiger partial charge in [-0.2, -0.15) is 0 Å². The van der Waals surface area contributed by atoms with Gasteiger partial charge in [-0.15, -0.1) is 0 Å². The third kappa shape index (κ3) is 2.43. The molecule has 21 heavy (non-hydrogen) atoms. The van der Waals surface area contributed by atoms with Crippen LogP contribution in [0, 0.1) is 5.92 Å². The Labute approximate surface area is 127 Å². The highest BCUT2D eigenvalue weighted by Gasteiger charge is 2.35. The van der Waals surface area contributed by atoms with Crippen LogP contribution in [0.15, 0.2) is 27.4 Å². The quantitative estimate of drug-likeness (QED) is 0.785. The number of fused-ring (bicyclic) bond motifs is 1. The molecule has 116 valence electrons. The number of aromatic nitrogens is 1. The Kier molecular flexibility index (Phi) is 4.31. The smallest absolute Gasteiger partial charge is 0.408 e. The Morgan fingerprint density at radius 3 is 2.24 bits per heavy atom. The highest BCUT2D eigenvalue weighted by molar-refractivity contribution is 5.74. The van der Waals surface area contributed by atoms with Crippen LogP contribution in [-0.4, -0.2) is 4.57 Å². The Bertz CT molecular complexity index is 672. The molecule has 0 aliphatic carbocycles. The van der Waals surface area contributed by atoms with Crippen molar-refractivity contribution in [1.82, 2.24) is 4.57 Å². The number of oxazole rings is 1. The third-order valence-corrected chi connectivity index (χ3v) is 5.02.